The number of aryl methyl sites for hydroxylation is 1. The molecule has 0 radical (unpaired) electrons. The molecule has 2 rings (SSSR count). The van der Waals surface area contributed by atoms with Gasteiger partial charge in [-0.25, -0.2) is 9.67 Å². The molecule has 2 aromatic rings. The van der Waals surface area contributed by atoms with Crippen molar-refractivity contribution in [3.05, 3.63) is 36.4 Å². The highest BCUT2D eigenvalue weighted by Crippen LogP contribution is 2.23. The number of ether oxygens (including phenoxy) is 1. The van der Waals surface area contributed by atoms with E-state index in [0.29, 0.717) is 13.2 Å². The lowest BCUT2D eigenvalue weighted by Gasteiger charge is -2.12. The van der Waals surface area contributed by atoms with Gasteiger partial charge in [-0.1, -0.05) is 19.1 Å². The number of hydrogen-bond donors (Lipinski definition) is 1. The summed E-state index contributed by atoms with van der Waals surface area (Å²) in [5, 5.41) is 7.56. The fourth-order valence-corrected chi connectivity index (χ4v) is 1.89. The Kier molecular flexibility index (Phi) is 4.78. The summed E-state index contributed by atoms with van der Waals surface area (Å²) in [5.74, 6) is 1.81. The first kappa shape index (κ1) is 13.4. The molecular formula is C14H20N4O. The summed E-state index contributed by atoms with van der Waals surface area (Å²) in [6.45, 7) is 6.30. The van der Waals surface area contributed by atoms with Crippen molar-refractivity contribution in [1.82, 2.24) is 14.8 Å². The van der Waals surface area contributed by atoms with E-state index in [0.717, 1.165) is 30.2 Å². The van der Waals surface area contributed by atoms with Gasteiger partial charge in [0, 0.05) is 6.54 Å². The lowest BCUT2D eigenvalue weighted by molar-refractivity contribution is 0.341. The third kappa shape index (κ3) is 3.47. The van der Waals surface area contributed by atoms with Gasteiger partial charge < -0.3 is 10.1 Å². The monoisotopic (exact) mass is 260 g/mol. The lowest BCUT2D eigenvalue weighted by Crippen LogP contribution is -2.10. The molecule has 0 spiro atoms. The topological polar surface area (TPSA) is 52.0 Å². The fraction of sp³-hybridized carbons (Fsp3) is 0.429. The van der Waals surface area contributed by atoms with Crippen LogP contribution in [0.25, 0.3) is 0 Å². The minimum absolute atomic E-state index is 0.643. The first-order valence-electron chi connectivity index (χ1n) is 6.67. The predicted octanol–water partition coefficient (Wildman–Crippen LogP) is 2.70. The summed E-state index contributed by atoms with van der Waals surface area (Å²) < 4.78 is 7.51. The standard InChI is InChI=1S/C14H20N4O/c1-3-9-18-14(16-11-17-18)10-15-12-7-5-6-8-13(12)19-4-2/h5-8,11,15H,3-4,9-10H2,1-2H3. The fourth-order valence-electron chi connectivity index (χ4n) is 1.89. The minimum atomic E-state index is 0.643. The maximum Gasteiger partial charge on any atom is 0.146 e. The van der Waals surface area contributed by atoms with Gasteiger partial charge >= 0.3 is 0 Å². The van der Waals surface area contributed by atoms with Crippen LogP contribution in [0.5, 0.6) is 5.75 Å². The number of benzene rings is 1. The Bertz CT molecular complexity index is 510. The highest BCUT2D eigenvalue weighted by atomic mass is 16.5. The van der Waals surface area contributed by atoms with Gasteiger partial charge in [0.1, 0.15) is 17.9 Å². The van der Waals surface area contributed by atoms with E-state index in [-0.39, 0.29) is 0 Å². The molecule has 0 fully saturated rings. The zero-order valence-corrected chi connectivity index (χ0v) is 11.5. The summed E-state index contributed by atoms with van der Waals surface area (Å²) >= 11 is 0. The molecule has 19 heavy (non-hydrogen) atoms. The lowest BCUT2D eigenvalue weighted by atomic mass is 10.3. The van der Waals surface area contributed by atoms with E-state index >= 15 is 0 Å². The molecule has 1 N–H and O–H groups in total. The van der Waals surface area contributed by atoms with E-state index in [2.05, 4.69) is 22.3 Å². The number of anilines is 1. The van der Waals surface area contributed by atoms with Gasteiger partial charge in [0.2, 0.25) is 0 Å². The molecule has 1 aromatic heterocycles. The Balaban J connectivity index is 2.03. The Morgan fingerprint density at radius 3 is 2.89 bits per heavy atom. The van der Waals surface area contributed by atoms with Gasteiger partial charge in [0.25, 0.3) is 0 Å². The predicted molar refractivity (Wildman–Crippen MR) is 75.3 cm³/mol. The summed E-state index contributed by atoms with van der Waals surface area (Å²) in [4.78, 5) is 4.27. The zero-order valence-electron chi connectivity index (χ0n) is 11.5. The second-order valence-corrected chi connectivity index (χ2v) is 4.18. The number of para-hydroxylation sites is 2. The molecular weight excluding hydrogens is 240 g/mol. The van der Waals surface area contributed by atoms with Crippen molar-refractivity contribution in [2.24, 2.45) is 0 Å². The zero-order chi connectivity index (χ0) is 13.5. The third-order valence-electron chi connectivity index (χ3n) is 2.75. The van der Waals surface area contributed by atoms with Crippen molar-refractivity contribution >= 4 is 5.69 Å². The minimum Gasteiger partial charge on any atom is -0.492 e. The van der Waals surface area contributed by atoms with Crippen LogP contribution in [-0.4, -0.2) is 21.4 Å². The second-order valence-electron chi connectivity index (χ2n) is 4.18. The summed E-state index contributed by atoms with van der Waals surface area (Å²) in [6, 6.07) is 7.92. The van der Waals surface area contributed by atoms with Crippen LogP contribution in [0.4, 0.5) is 5.69 Å². The molecule has 0 aliphatic heterocycles. The summed E-state index contributed by atoms with van der Waals surface area (Å²) in [6.07, 6.45) is 2.65. The van der Waals surface area contributed by atoms with Gasteiger partial charge in [0.15, 0.2) is 0 Å². The van der Waals surface area contributed by atoms with Crippen molar-refractivity contribution < 1.29 is 4.74 Å². The van der Waals surface area contributed by atoms with Crippen LogP contribution in [0.3, 0.4) is 0 Å². The molecule has 0 saturated heterocycles. The number of nitrogens with zero attached hydrogens (tertiary/aromatic N) is 3. The van der Waals surface area contributed by atoms with Crippen LogP contribution in [-0.2, 0) is 13.1 Å². The average Bonchev–Trinajstić information content (AvgIpc) is 2.86. The Hall–Kier alpha value is -2.04. The molecule has 5 heteroatoms. The van der Waals surface area contributed by atoms with Gasteiger partial charge in [-0.15, -0.1) is 0 Å². The first-order valence-corrected chi connectivity index (χ1v) is 6.67. The van der Waals surface area contributed by atoms with E-state index < -0.39 is 0 Å². The highest BCUT2D eigenvalue weighted by Gasteiger charge is 2.06. The number of rotatable bonds is 7. The van der Waals surface area contributed by atoms with Crippen molar-refractivity contribution in [1.29, 1.82) is 0 Å². The SMILES string of the molecule is CCCn1ncnc1CNc1ccccc1OCC. The van der Waals surface area contributed by atoms with Gasteiger partial charge in [-0.3, -0.25) is 0 Å². The highest BCUT2D eigenvalue weighted by molar-refractivity contribution is 5.56. The maximum absolute atomic E-state index is 5.58. The second kappa shape index (κ2) is 6.78. The van der Waals surface area contributed by atoms with Crippen LogP contribution in [0.15, 0.2) is 30.6 Å². The van der Waals surface area contributed by atoms with Gasteiger partial charge in [0.05, 0.1) is 18.8 Å². The van der Waals surface area contributed by atoms with Crippen molar-refractivity contribution in [2.45, 2.75) is 33.4 Å². The van der Waals surface area contributed by atoms with E-state index in [1.54, 1.807) is 6.33 Å². The molecule has 0 aliphatic carbocycles. The Morgan fingerprint density at radius 2 is 2.11 bits per heavy atom. The molecule has 0 bridgehead atoms. The van der Waals surface area contributed by atoms with Gasteiger partial charge in [-0.2, -0.15) is 5.10 Å². The Labute approximate surface area is 113 Å². The molecule has 1 aromatic carbocycles. The summed E-state index contributed by atoms with van der Waals surface area (Å²) in [7, 11) is 0. The van der Waals surface area contributed by atoms with Crippen LogP contribution < -0.4 is 10.1 Å². The molecule has 102 valence electrons. The Morgan fingerprint density at radius 1 is 1.26 bits per heavy atom. The van der Waals surface area contributed by atoms with E-state index in [9.17, 15) is 0 Å². The molecule has 0 aliphatic rings. The number of aromatic nitrogens is 3. The molecule has 0 unspecified atom stereocenters. The summed E-state index contributed by atoms with van der Waals surface area (Å²) in [5.41, 5.74) is 0.982. The molecule has 0 amide bonds. The number of hydrogen-bond acceptors (Lipinski definition) is 4. The van der Waals surface area contributed by atoms with E-state index in [1.807, 2.05) is 35.9 Å². The van der Waals surface area contributed by atoms with Crippen LogP contribution in [0.1, 0.15) is 26.1 Å². The first-order chi connectivity index (χ1) is 9.35. The molecule has 0 saturated carbocycles. The largest absolute Gasteiger partial charge is 0.492 e. The van der Waals surface area contributed by atoms with Crippen molar-refractivity contribution in [3.63, 3.8) is 0 Å². The van der Waals surface area contributed by atoms with E-state index in [1.165, 1.54) is 0 Å². The quantitative estimate of drug-likeness (QED) is 0.831. The number of nitrogens with one attached hydrogen (secondary N) is 1. The molecule has 0 atom stereocenters. The molecule has 5 nitrogen and oxygen atoms in total. The normalized spacial score (nSPS) is 10.4. The maximum atomic E-state index is 5.58. The third-order valence-corrected chi connectivity index (χ3v) is 2.75. The van der Waals surface area contributed by atoms with Crippen LogP contribution in [0, 0.1) is 0 Å². The van der Waals surface area contributed by atoms with Crippen LogP contribution in [0.2, 0.25) is 0 Å². The average molecular weight is 260 g/mol. The smallest absolute Gasteiger partial charge is 0.146 e. The van der Waals surface area contributed by atoms with Crippen molar-refractivity contribution in [3.8, 4) is 5.75 Å². The van der Waals surface area contributed by atoms with E-state index in [4.69, 9.17) is 4.74 Å². The molecule has 1 heterocycles. The van der Waals surface area contributed by atoms with Crippen molar-refractivity contribution in [2.75, 3.05) is 11.9 Å². The van der Waals surface area contributed by atoms with Gasteiger partial charge in [-0.05, 0) is 25.5 Å². The van der Waals surface area contributed by atoms with Crippen LogP contribution >= 0.6 is 0 Å².